The van der Waals surface area contributed by atoms with Crippen molar-refractivity contribution in [2.45, 2.75) is 57.0 Å². The lowest BCUT2D eigenvalue weighted by Gasteiger charge is -2.26. The summed E-state index contributed by atoms with van der Waals surface area (Å²) in [6, 6.07) is 5.90. The second-order valence-corrected chi connectivity index (χ2v) is 8.39. The summed E-state index contributed by atoms with van der Waals surface area (Å²) in [6.45, 7) is 7.89. The zero-order valence-corrected chi connectivity index (χ0v) is 17.2. The Hall–Kier alpha value is -1.15. The van der Waals surface area contributed by atoms with Gasteiger partial charge >= 0.3 is 0 Å². The van der Waals surface area contributed by atoms with Crippen LogP contribution in [0.3, 0.4) is 0 Å². The van der Waals surface area contributed by atoms with E-state index in [9.17, 15) is 13.2 Å². The van der Waals surface area contributed by atoms with Gasteiger partial charge < -0.3 is 11.1 Å². The Balaban J connectivity index is 0.00000576. The normalized spacial score (nSPS) is 12.2. The number of sulfonamides is 1. The van der Waals surface area contributed by atoms with Crippen molar-refractivity contribution < 1.29 is 13.2 Å². The van der Waals surface area contributed by atoms with Gasteiger partial charge in [0, 0.05) is 30.7 Å². The van der Waals surface area contributed by atoms with Crippen molar-refractivity contribution in [3.63, 3.8) is 0 Å². The molecule has 0 saturated carbocycles. The molecule has 0 heterocycles. The minimum absolute atomic E-state index is 0. The molecule has 0 spiro atoms. The van der Waals surface area contributed by atoms with Gasteiger partial charge in [0.25, 0.3) is 5.91 Å². The summed E-state index contributed by atoms with van der Waals surface area (Å²) in [5, 5.41) is 2.80. The van der Waals surface area contributed by atoms with Crippen LogP contribution in [0.15, 0.2) is 29.2 Å². The van der Waals surface area contributed by atoms with Crippen molar-refractivity contribution in [1.82, 2.24) is 9.62 Å². The maximum Gasteiger partial charge on any atom is 0.251 e. The van der Waals surface area contributed by atoms with Crippen molar-refractivity contribution >= 4 is 28.3 Å². The molecule has 6 nitrogen and oxygen atoms in total. The highest BCUT2D eigenvalue weighted by atomic mass is 35.5. The summed E-state index contributed by atoms with van der Waals surface area (Å²) in [4.78, 5) is 12.4. The molecule has 1 aromatic carbocycles. The van der Waals surface area contributed by atoms with E-state index in [0.29, 0.717) is 12.1 Å². The Kier molecular flexibility index (Phi) is 9.08. The molecular weight excluding hydrogens is 362 g/mol. The van der Waals surface area contributed by atoms with Gasteiger partial charge in [0.05, 0.1) is 4.90 Å². The molecule has 0 aliphatic carbocycles. The number of amides is 1. The zero-order valence-electron chi connectivity index (χ0n) is 15.6. The fourth-order valence-corrected chi connectivity index (χ4v) is 3.51. The molecule has 0 aromatic heterocycles. The summed E-state index contributed by atoms with van der Waals surface area (Å²) in [5.41, 5.74) is 6.04. The highest BCUT2D eigenvalue weighted by molar-refractivity contribution is 7.89. The molecule has 1 aromatic rings. The average Bonchev–Trinajstić information content (AvgIpc) is 2.58. The van der Waals surface area contributed by atoms with Crippen molar-refractivity contribution in [1.29, 1.82) is 0 Å². The molecule has 8 heteroatoms. The van der Waals surface area contributed by atoms with Crippen LogP contribution >= 0.6 is 12.4 Å². The third-order valence-corrected chi connectivity index (χ3v) is 6.54. The second kappa shape index (κ2) is 9.52. The predicted molar refractivity (Wildman–Crippen MR) is 104 cm³/mol. The lowest BCUT2D eigenvalue weighted by Crippen LogP contribution is -2.49. The van der Waals surface area contributed by atoms with Crippen LogP contribution < -0.4 is 11.1 Å². The van der Waals surface area contributed by atoms with E-state index in [1.165, 1.54) is 23.5 Å². The van der Waals surface area contributed by atoms with Crippen molar-refractivity contribution in [2.24, 2.45) is 5.73 Å². The third kappa shape index (κ3) is 5.95. The number of nitrogens with two attached hydrogens (primary N) is 1. The Morgan fingerprint density at radius 2 is 1.84 bits per heavy atom. The van der Waals surface area contributed by atoms with E-state index in [-0.39, 0.29) is 29.3 Å². The van der Waals surface area contributed by atoms with E-state index >= 15 is 0 Å². The number of hydrogen-bond acceptors (Lipinski definition) is 4. The largest absolute Gasteiger partial charge is 0.350 e. The van der Waals surface area contributed by atoms with Gasteiger partial charge in [-0.2, -0.15) is 4.31 Å². The van der Waals surface area contributed by atoms with Crippen LogP contribution in [0.25, 0.3) is 0 Å². The number of benzene rings is 1. The van der Waals surface area contributed by atoms with Crippen LogP contribution in [0.4, 0.5) is 0 Å². The Morgan fingerprint density at radius 3 is 2.32 bits per heavy atom. The molecule has 1 rings (SSSR count). The lowest BCUT2D eigenvalue weighted by molar-refractivity contribution is 0.0942. The van der Waals surface area contributed by atoms with E-state index in [1.807, 2.05) is 13.8 Å². The first-order valence-electron chi connectivity index (χ1n) is 8.22. The Morgan fingerprint density at radius 1 is 1.28 bits per heavy atom. The van der Waals surface area contributed by atoms with Gasteiger partial charge in [-0.05, 0) is 44.9 Å². The van der Waals surface area contributed by atoms with Crippen molar-refractivity contribution in [3.05, 3.63) is 29.8 Å². The molecule has 0 radical (unpaired) electrons. The monoisotopic (exact) mass is 391 g/mol. The number of halogens is 1. The highest BCUT2D eigenvalue weighted by Crippen LogP contribution is 2.18. The summed E-state index contributed by atoms with van der Waals surface area (Å²) in [6.07, 6.45) is 1.49. The molecule has 0 bridgehead atoms. The van der Waals surface area contributed by atoms with Crippen LogP contribution in [-0.2, 0) is 10.0 Å². The molecule has 0 saturated heterocycles. The Bertz CT molecular complexity index is 673. The Labute approximate surface area is 157 Å². The molecule has 0 aliphatic rings. The summed E-state index contributed by atoms with van der Waals surface area (Å²) in [7, 11) is -2.09. The van der Waals surface area contributed by atoms with Crippen molar-refractivity contribution in [3.8, 4) is 0 Å². The fourth-order valence-electron chi connectivity index (χ4n) is 2.10. The molecule has 144 valence electrons. The van der Waals surface area contributed by atoms with Crippen molar-refractivity contribution in [2.75, 3.05) is 13.6 Å². The minimum atomic E-state index is -3.62. The van der Waals surface area contributed by atoms with Gasteiger partial charge in [-0.1, -0.05) is 19.9 Å². The fraction of sp³-hybridized carbons (Fsp3) is 0.588. The van der Waals surface area contributed by atoms with Crippen LogP contribution in [0.1, 0.15) is 50.9 Å². The maximum absolute atomic E-state index is 12.5. The maximum atomic E-state index is 12.5. The molecular formula is C17H30ClN3O3S. The third-order valence-electron chi connectivity index (χ3n) is 4.51. The number of hydrogen-bond donors (Lipinski definition) is 2. The van der Waals surface area contributed by atoms with Crippen LogP contribution in [0, 0.1) is 0 Å². The summed E-state index contributed by atoms with van der Waals surface area (Å²) >= 11 is 0. The second-order valence-electron chi connectivity index (χ2n) is 6.39. The number of carbonyl (C=O) groups excluding carboxylic acids is 1. The number of nitrogens with one attached hydrogen (secondary N) is 1. The van der Waals surface area contributed by atoms with Gasteiger partial charge in [0.1, 0.15) is 0 Å². The van der Waals surface area contributed by atoms with E-state index in [1.54, 1.807) is 26.0 Å². The van der Waals surface area contributed by atoms with E-state index in [4.69, 9.17) is 5.73 Å². The molecule has 0 unspecified atom stereocenters. The highest BCUT2D eigenvalue weighted by Gasteiger charge is 2.25. The molecule has 3 N–H and O–H groups in total. The van der Waals surface area contributed by atoms with Gasteiger partial charge in [-0.3, -0.25) is 4.79 Å². The number of carbonyl (C=O) groups is 1. The SMILES string of the molecule is CCC(N)(CC)CNC(=O)c1cccc(S(=O)(=O)N(C)C(C)C)c1.Cl. The van der Waals surface area contributed by atoms with E-state index < -0.39 is 15.6 Å². The van der Waals surface area contributed by atoms with Gasteiger partial charge in [-0.25, -0.2) is 8.42 Å². The molecule has 1 amide bonds. The van der Waals surface area contributed by atoms with Gasteiger partial charge in [0.2, 0.25) is 10.0 Å². The first kappa shape index (κ1) is 23.9. The summed E-state index contributed by atoms with van der Waals surface area (Å²) in [5.74, 6) is -0.323. The molecule has 0 aliphatic heterocycles. The topological polar surface area (TPSA) is 92.5 Å². The van der Waals surface area contributed by atoms with E-state index in [2.05, 4.69) is 5.32 Å². The average molecular weight is 392 g/mol. The number of nitrogens with zero attached hydrogens (tertiary/aromatic N) is 1. The number of rotatable bonds is 8. The van der Waals surface area contributed by atoms with Gasteiger partial charge in [-0.15, -0.1) is 12.4 Å². The summed E-state index contributed by atoms with van der Waals surface area (Å²) < 4.78 is 26.3. The van der Waals surface area contributed by atoms with Crippen LogP contribution in [0.2, 0.25) is 0 Å². The minimum Gasteiger partial charge on any atom is -0.350 e. The first-order valence-corrected chi connectivity index (χ1v) is 9.66. The molecule has 25 heavy (non-hydrogen) atoms. The molecule has 0 atom stereocenters. The van der Waals surface area contributed by atoms with Crippen LogP contribution in [0.5, 0.6) is 0 Å². The van der Waals surface area contributed by atoms with Crippen LogP contribution in [-0.4, -0.2) is 43.8 Å². The standard InChI is InChI=1S/C17H29N3O3S.ClH/c1-6-17(18,7-2)12-19-16(21)14-9-8-10-15(11-14)24(22,23)20(5)13(3)4;/h8-11,13H,6-7,12,18H2,1-5H3,(H,19,21);1H. The smallest absolute Gasteiger partial charge is 0.251 e. The quantitative estimate of drug-likeness (QED) is 0.711. The zero-order chi connectivity index (χ0) is 18.5. The predicted octanol–water partition coefficient (Wildman–Crippen LogP) is 2.38. The van der Waals surface area contributed by atoms with Gasteiger partial charge in [0.15, 0.2) is 0 Å². The lowest BCUT2D eigenvalue weighted by atomic mass is 9.94. The van der Waals surface area contributed by atoms with E-state index in [0.717, 1.165) is 12.8 Å². The molecule has 0 fully saturated rings. The first-order chi connectivity index (χ1) is 11.1.